The molecule has 0 aromatic heterocycles. The Morgan fingerprint density at radius 3 is 2.50 bits per heavy atom. The summed E-state index contributed by atoms with van der Waals surface area (Å²) in [6.07, 6.45) is 2.01. The maximum absolute atomic E-state index is 12.6. The van der Waals surface area contributed by atoms with Crippen molar-refractivity contribution in [2.75, 3.05) is 6.54 Å². The van der Waals surface area contributed by atoms with Crippen LogP contribution in [0.2, 0.25) is 0 Å². The van der Waals surface area contributed by atoms with Gasteiger partial charge in [-0.15, -0.1) is 0 Å². The Morgan fingerprint density at radius 2 is 2.05 bits per heavy atom. The van der Waals surface area contributed by atoms with E-state index in [4.69, 9.17) is 10.7 Å². The molecule has 1 amide bonds. The van der Waals surface area contributed by atoms with Gasteiger partial charge in [-0.25, -0.2) is 8.42 Å². The summed E-state index contributed by atoms with van der Waals surface area (Å²) in [6, 6.07) is 3.06. The molecule has 0 bridgehead atoms. The SMILES string of the molecule is CCN(C(=O)c1cc(S(=O)(=O)Cl)cc(Br)c1C)C1CC1. The van der Waals surface area contributed by atoms with E-state index in [0.717, 1.165) is 18.4 Å². The molecule has 1 aliphatic carbocycles. The minimum Gasteiger partial charge on any atom is -0.336 e. The number of hydrogen-bond acceptors (Lipinski definition) is 3. The van der Waals surface area contributed by atoms with Crippen molar-refractivity contribution in [2.45, 2.75) is 37.6 Å². The molecule has 1 aromatic carbocycles. The second kappa shape index (κ2) is 5.66. The van der Waals surface area contributed by atoms with Crippen molar-refractivity contribution in [1.82, 2.24) is 4.90 Å². The van der Waals surface area contributed by atoms with E-state index >= 15 is 0 Å². The van der Waals surface area contributed by atoms with Gasteiger partial charge in [0.15, 0.2) is 0 Å². The Hall–Kier alpha value is -0.590. The van der Waals surface area contributed by atoms with Gasteiger partial charge in [-0.05, 0) is 44.4 Å². The van der Waals surface area contributed by atoms with E-state index in [-0.39, 0.29) is 16.8 Å². The Labute approximate surface area is 131 Å². The monoisotopic (exact) mass is 379 g/mol. The molecular formula is C13H15BrClNO3S. The zero-order chi connectivity index (χ0) is 15.1. The first-order valence-electron chi connectivity index (χ1n) is 6.31. The minimum absolute atomic E-state index is 0.0631. The van der Waals surface area contributed by atoms with Gasteiger partial charge in [-0.1, -0.05) is 15.9 Å². The van der Waals surface area contributed by atoms with Gasteiger partial charge in [0, 0.05) is 33.3 Å². The van der Waals surface area contributed by atoms with Crippen molar-refractivity contribution in [2.24, 2.45) is 0 Å². The van der Waals surface area contributed by atoms with E-state index in [2.05, 4.69) is 15.9 Å². The van der Waals surface area contributed by atoms with E-state index in [1.54, 1.807) is 11.8 Å². The average molecular weight is 381 g/mol. The molecule has 110 valence electrons. The molecule has 0 heterocycles. The van der Waals surface area contributed by atoms with Crippen LogP contribution in [0.4, 0.5) is 0 Å². The lowest BCUT2D eigenvalue weighted by atomic mass is 10.1. The second-order valence-corrected chi connectivity index (χ2v) is 8.26. The normalized spacial score (nSPS) is 15.2. The third-order valence-electron chi connectivity index (χ3n) is 3.42. The molecule has 0 N–H and O–H groups in total. The molecule has 2 rings (SSSR count). The third-order valence-corrected chi connectivity index (χ3v) is 5.58. The molecular weight excluding hydrogens is 366 g/mol. The largest absolute Gasteiger partial charge is 0.336 e. The lowest BCUT2D eigenvalue weighted by Crippen LogP contribution is -2.33. The predicted octanol–water partition coefficient (Wildman–Crippen LogP) is 3.31. The van der Waals surface area contributed by atoms with Gasteiger partial charge in [0.05, 0.1) is 4.90 Å². The van der Waals surface area contributed by atoms with Crippen LogP contribution in [-0.4, -0.2) is 31.8 Å². The standard InChI is InChI=1S/C13H15BrClNO3S/c1-3-16(9-4-5-9)13(17)11-6-10(20(15,18)19)7-12(14)8(11)2/h6-7,9H,3-5H2,1-2H3. The molecule has 0 unspecified atom stereocenters. The van der Waals surface area contributed by atoms with Gasteiger partial charge in [-0.3, -0.25) is 4.79 Å². The second-order valence-electron chi connectivity index (χ2n) is 4.84. The molecule has 0 radical (unpaired) electrons. The number of carbonyl (C=O) groups is 1. The number of nitrogens with zero attached hydrogens (tertiary/aromatic N) is 1. The zero-order valence-electron chi connectivity index (χ0n) is 11.2. The summed E-state index contributed by atoms with van der Waals surface area (Å²) in [4.78, 5) is 14.3. The maximum atomic E-state index is 12.6. The van der Waals surface area contributed by atoms with Gasteiger partial charge in [0.2, 0.25) is 0 Å². The van der Waals surface area contributed by atoms with Crippen molar-refractivity contribution in [1.29, 1.82) is 0 Å². The van der Waals surface area contributed by atoms with E-state index in [1.807, 2.05) is 6.92 Å². The minimum atomic E-state index is -3.86. The van der Waals surface area contributed by atoms with Crippen LogP contribution in [0, 0.1) is 6.92 Å². The molecule has 1 aliphatic rings. The van der Waals surface area contributed by atoms with Crippen molar-refractivity contribution in [3.05, 3.63) is 27.7 Å². The summed E-state index contributed by atoms with van der Waals surface area (Å²) in [6.45, 7) is 4.31. The van der Waals surface area contributed by atoms with Crippen LogP contribution < -0.4 is 0 Å². The fraction of sp³-hybridized carbons (Fsp3) is 0.462. The fourth-order valence-electron chi connectivity index (χ4n) is 2.13. The van der Waals surface area contributed by atoms with Gasteiger partial charge in [0.25, 0.3) is 15.0 Å². The molecule has 1 saturated carbocycles. The molecule has 0 atom stereocenters. The van der Waals surface area contributed by atoms with E-state index in [0.29, 0.717) is 16.6 Å². The zero-order valence-corrected chi connectivity index (χ0v) is 14.3. The number of benzene rings is 1. The summed E-state index contributed by atoms with van der Waals surface area (Å²) >= 11 is 3.29. The Morgan fingerprint density at radius 1 is 1.45 bits per heavy atom. The van der Waals surface area contributed by atoms with E-state index in [9.17, 15) is 13.2 Å². The number of rotatable bonds is 4. The van der Waals surface area contributed by atoms with E-state index < -0.39 is 9.05 Å². The Bertz CT molecular complexity index is 656. The molecule has 7 heteroatoms. The maximum Gasteiger partial charge on any atom is 0.261 e. The number of amides is 1. The highest BCUT2D eigenvalue weighted by Crippen LogP contribution is 2.31. The van der Waals surface area contributed by atoms with Crippen molar-refractivity contribution < 1.29 is 13.2 Å². The average Bonchev–Trinajstić information content (AvgIpc) is 3.16. The van der Waals surface area contributed by atoms with Gasteiger partial charge < -0.3 is 4.90 Å². The summed E-state index contributed by atoms with van der Waals surface area (Å²) in [5.41, 5.74) is 1.10. The lowest BCUT2D eigenvalue weighted by Gasteiger charge is -2.22. The topological polar surface area (TPSA) is 54.5 Å². The first-order valence-corrected chi connectivity index (χ1v) is 9.41. The fourth-order valence-corrected chi connectivity index (χ4v) is 3.52. The molecule has 1 fully saturated rings. The smallest absolute Gasteiger partial charge is 0.261 e. The molecule has 0 saturated heterocycles. The third kappa shape index (κ3) is 3.18. The lowest BCUT2D eigenvalue weighted by molar-refractivity contribution is 0.0751. The van der Waals surface area contributed by atoms with Crippen LogP contribution in [0.15, 0.2) is 21.5 Å². The Kier molecular flexibility index (Phi) is 4.47. The van der Waals surface area contributed by atoms with Crippen molar-refractivity contribution in [3.63, 3.8) is 0 Å². The van der Waals surface area contributed by atoms with Crippen LogP contribution in [0.25, 0.3) is 0 Å². The number of halogens is 2. The molecule has 0 spiro atoms. The van der Waals surface area contributed by atoms with Crippen LogP contribution in [0.3, 0.4) is 0 Å². The van der Waals surface area contributed by atoms with Crippen LogP contribution in [0.1, 0.15) is 35.7 Å². The quantitative estimate of drug-likeness (QED) is 0.753. The molecule has 20 heavy (non-hydrogen) atoms. The van der Waals surface area contributed by atoms with Crippen LogP contribution in [-0.2, 0) is 9.05 Å². The number of carbonyl (C=O) groups excluding carboxylic acids is 1. The van der Waals surface area contributed by atoms with Gasteiger partial charge in [-0.2, -0.15) is 0 Å². The number of hydrogen-bond donors (Lipinski definition) is 0. The van der Waals surface area contributed by atoms with Crippen molar-refractivity contribution >= 4 is 41.6 Å². The highest BCUT2D eigenvalue weighted by atomic mass is 79.9. The van der Waals surface area contributed by atoms with E-state index in [1.165, 1.54) is 12.1 Å². The highest BCUT2D eigenvalue weighted by molar-refractivity contribution is 9.10. The summed E-state index contributed by atoms with van der Waals surface area (Å²) in [7, 11) is 1.51. The van der Waals surface area contributed by atoms with Gasteiger partial charge in [0.1, 0.15) is 0 Å². The summed E-state index contributed by atoms with van der Waals surface area (Å²) in [5, 5.41) is 0. The molecule has 1 aromatic rings. The summed E-state index contributed by atoms with van der Waals surface area (Å²) in [5.74, 6) is -0.143. The van der Waals surface area contributed by atoms with Crippen LogP contribution in [0.5, 0.6) is 0 Å². The predicted molar refractivity (Wildman–Crippen MR) is 81.7 cm³/mol. The van der Waals surface area contributed by atoms with Gasteiger partial charge >= 0.3 is 0 Å². The first-order chi connectivity index (χ1) is 9.25. The van der Waals surface area contributed by atoms with Crippen molar-refractivity contribution in [3.8, 4) is 0 Å². The first kappa shape index (κ1) is 15.8. The summed E-state index contributed by atoms with van der Waals surface area (Å²) < 4.78 is 23.5. The Balaban J connectivity index is 2.49. The highest BCUT2D eigenvalue weighted by Gasteiger charge is 2.33. The molecule has 4 nitrogen and oxygen atoms in total. The molecule has 0 aliphatic heterocycles. The van der Waals surface area contributed by atoms with Crippen LogP contribution >= 0.6 is 26.6 Å².